The zero-order valence-corrected chi connectivity index (χ0v) is 10.3. The highest BCUT2D eigenvalue weighted by Gasteiger charge is 2.23. The fourth-order valence-electron chi connectivity index (χ4n) is 1.72. The first-order valence-electron chi connectivity index (χ1n) is 5.72. The molecule has 19 heavy (non-hydrogen) atoms. The van der Waals surface area contributed by atoms with Crippen molar-refractivity contribution in [1.82, 2.24) is 0 Å². The lowest BCUT2D eigenvalue weighted by Crippen LogP contribution is -2.13. The van der Waals surface area contributed by atoms with E-state index in [9.17, 15) is 15.0 Å². The van der Waals surface area contributed by atoms with E-state index in [2.05, 4.69) is 0 Å². The van der Waals surface area contributed by atoms with Crippen LogP contribution in [0, 0.1) is 0 Å². The molecule has 1 aromatic heterocycles. The monoisotopic (exact) mass is 262 g/mol. The Morgan fingerprint density at radius 3 is 2.42 bits per heavy atom. The number of rotatable bonds is 4. The normalized spacial score (nSPS) is 13.8. The molecule has 5 heteroatoms. The van der Waals surface area contributed by atoms with Gasteiger partial charge in [0.2, 0.25) is 0 Å². The maximum Gasteiger partial charge on any atom is 0.339 e. The molecular formula is C14H14O5. The lowest BCUT2D eigenvalue weighted by Gasteiger charge is -2.17. The summed E-state index contributed by atoms with van der Waals surface area (Å²) < 4.78 is 9.80. The third-order valence-corrected chi connectivity index (χ3v) is 2.73. The molecule has 0 aliphatic carbocycles. The van der Waals surface area contributed by atoms with E-state index < -0.39 is 17.8 Å². The molecule has 0 saturated heterocycles. The van der Waals surface area contributed by atoms with Crippen LogP contribution in [0.2, 0.25) is 0 Å². The average Bonchev–Trinajstić information content (AvgIpc) is 2.46. The van der Waals surface area contributed by atoms with Crippen molar-refractivity contribution in [2.45, 2.75) is 12.2 Å². The van der Waals surface area contributed by atoms with Gasteiger partial charge in [-0.2, -0.15) is 0 Å². The van der Waals surface area contributed by atoms with Crippen LogP contribution in [0.1, 0.15) is 23.5 Å². The van der Waals surface area contributed by atoms with Crippen molar-refractivity contribution in [3.8, 4) is 5.75 Å². The predicted octanol–water partition coefficient (Wildman–Crippen LogP) is 1.42. The second kappa shape index (κ2) is 5.69. The molecule has 2 aromatic rings. The molecule has 0 amide bonds. The summed E-state index contributed by atoms with van der Waals surface area (Å²) in [4.78, 5) is 11.3. The van der Waals surface area contributed by atoms with E-state index in [-0.39, 0.29) is 11.5 Å². The molecule has 0 bridgehead atoms. The van der Waals surface area contributed by atoms with Gasteiger partial charge in [-0.1, -0.05) is 30.3 Å². The molecule has 100 valence electrons. The molecule has 2 N–H and O–H groups in total. The topological polar surface area (TPSA) is 79.9 Å². The van der Waals surface area contributed by atoms with Crippen LogP contribution in [0.25, 0.3) is 0 Å². The smallest absolute Gasteiger partial charge is 0.339 e. The molecule has 2 unspecified atom stereocenters. The second-order valence-electron chi connectivity index (χ2n) is 4.02. The van der Waals surface area contributed by atoms with Crippen LogP contribution in [0.15, 0.2) is 51.7 Å². The van der Waals surface area contributed by atoms with E-state index in [0.717, 1.165) is 6.07 Å². The maximum absolute atomic E-state index is 11.3. The van der Waals surface area contributed by atoms with Gasteiger partial charge < -0.3 is 19.4 Å². The van der Waals surface area contributed by atoms with E-state index in [4.69, 9.17) is 9.15 Å². The summed E-state index contributed by atoms with van der Waals surface area (Å²) >= 11 is 0. The van der Waals surface area contributed by atoms with Gasteiger partial charge in [-0.3, -0.25) is 0 Å². The van der Waals surface area contributed by atoms with Gasteiger partial charge in [-0.05, 0) is 5.56 Å². The molecule has 0 spiro atoms. The zero-order chi connectivity index (χ0) is 13.8. The van der Waals surface area contributed by atoms with Gasteiger partial charge in [0.25, 0.3) is 0 Å². The summed E-state index contributed by atoms with van der Waals surface area (Å²) in [7, 11) is 1.40. The van der Waals surface area contributed by atoms with Crippen molar-refractivity contribution in [2.75, 3.05) is 7.11 Å². The number of methoxy groups -OCH3 is 1. The minimum atomic E-state index is -1.34. The van der Waals surface area contributed by atoms with Gasteiger partial charge in [0, 0.05) is 6.07 Å². The summed E-state index contributed by atoms with van der Waals surface area (Å²) in [5, 5.41) is 20.1. The van der Waals surface area contributed by atoms with Crippen LogP contribution in [-0.2, 0) is 0 Å². The number of aliphatic hydroxyl groups is 2. The molecule has 5 nitrogen and oxygen atoms in total. The van der Waals surface area contributed by atoms with Gasteiger partial charge in [-0.15, -0.1) is 0 Å². The van der Waals surface area contributed by atoms with Crippen LogP contribution in [-0.4, -0.2) is 17.3 Å². The van der Waals surface area contributed by atoms with Crippen LogP contribution in [0.3, 0.4) is 0 Å². The lowest BCUT2D eigenvalue weighted by atomic mass is 10.0. The van der Waals surface area contributed by atoms with Crippen molar-refractivity contribution >= 4 is 0 Å². The Morgan fingerprint density at radius 2 is 1.79 bits per heavy atom. The Hall–Kier alpha value is -2.11. The van der Waals surface area contributed by atoms with Crippen LogP contribution >= 0.6 is 0 Å². The SMILES string of the molecule is COc1cc(C(O)C(O)c2ccccc2)oc(=O)c1. The summed E-state index contributed by atoms with van der Waals surface area (Å²) in [6.45, 7) is 0. The molecule has 0 aliphatic rings. The molecule has 1 heterocycles. The third-order valence-electron chi connectivity index (χ3n) is 2.73. The van der Waals surface area contributed by atoms with E-state index >= 15 is 0 Å². The molecule has 2 rings (SSSR count). The highest BCUT2D eigenvalue weighted by Crippen LogP contribution is 2.29. The van der Waals surface area contributed by atoms with E-state index in [0.29, 0.717) is 5.56 Å². The number of hydrogen-bond donors (Lipinski definition) is 2. The molecule has 0 aliphatic heterocycles. The maximum atomic E-state index is 11.3. The standard InChI is InChI=1S/C14H14O5/c1-18-10-7-11(19-12(15)8-10)14(17)13(16)9-5-3-2-4-6-9/h2-8,13-14,16-17H,1H3. The van der Waals surface area contributed by atoms with Gasteiger partial charge in [0.1, 0.15) is 23.7 Å². The Bertz CT molecular complexity index is 590. The van der Waals surface area contributed by atoms with Crippen molar-refractivity contribution < 1.29 is 19.4 Å². The molecular weight excluding hydrogens is 248 g/mol. The van der Waals surface area contributed by atoms with Gasteiger partial charge >= 0.3 is 5.63 Å². The number of ether oxygens (including phenoxy) is 1. The Balaban J connectivity index is 2.31. The van der Waals surface area contributed by atoms with E-state index in [1.54, 1.807) is 30.3 Å². The Kier molecular flexibility index (Phi) is 3.99. The zero-order valence-electron chi connectivity index (χ0n) is 10.3. The third kappa shape index (κ3) is 3.01. The quantitative estimate of drug-likeness (QED) is 0.871. The molecule has 2 atom stereocenters. The van der Waals surface area contributed by atoms with E-state index in [1.807, 2.05) is 0 Å². The minimum absolute atomic E-state index is 0.0410. The summed E-state index contributed by atoms with van der Waals surface area (Å²) in [5.74, 6) is 0.228. The predicted molar refractivity (Wildman–Crippen MR) is 67.9 cm³/mol. The molecule has 1 aromatic carbocycles. The van der Waals surface area contributed by atoms with Crippen molar-refractivity contribution in [3.05, 3.63) is 64.2 Å². The first kappa shape index (κ1) is 13.3. The summed E-state index contributed by atoms with van der Waals surface area (Å²) in [6.07, 6.45) is -2.53. The molecule has 0 fully saturated rings. The highest BCUT2D eigenvalue weighted by atomic mass is 16.5. The minimum Gasteiger partial charge on any atom is -0.496 e. The van der Waals surface area contributed by atoms with Gasteiger partial charge in [0.05, 0.1) is 13.2 Å². The number of benzene rings is 1. The Labute approximate surface area is 109 Å². The fourth-order valence-corrected chi connectivity index (χ4v) is 1.72. The van der Waals surface area contributed by atoms with Crippen LogP contribution in [0.4, 0.5) is 0 Å². The Morgan fingerprint density at radius 1 is 1.11 bits per heavy atom. The summed E-state index contributed by atoms with van der Waals surface area (Å²) in [6, 6.07) is 11.2. The number of hydrogen-bond acceptors (Lipinski definition) is 5. The second-order valence-corrected chi connectivity index (χ2v) is 4.02. The highest BCUT2D eigenvalue weighted by molar-refractivity contribution is 5.25. The summed E-state index contributed by atoms with van der Waals surface area (Å²) in [5.41, 5.74) is -0.117. The largest absolute Gasteiger partial charge is 0.496 e. The van der Waals surface area contributed by atoms with Crippen molar-refractivity contribution in [2.24, 2.45) is 0 Å². The lowest BCUT2D eigenvalue weighted by molar-refractivity contribution is 0.00216. The van der Waals surface area contributed by atoms with Gasteiger partial charge in [0.15, 0.2) is 0 Å². The first-order chi connectivity index (χ1) is 9.11. The van der Waals surface area contributed by atoms with Crippen LogP contribution < -0.4 is 10.4 Å². The average molecular weight is 262 g/mol. The van der Waals surface area contributed by atoms with Crippen LogP contribution in [0.5, 0.6) is 5.75 Å². The molecule has 0 radical (unpaired) electrons. The fraction of sp³-hybridized carbons (Fsp3) is 0.214. The van der Waals surface area contributed by atoms with E-state index in [1.165, 1.54) is 13.2 Å². The van der Waals surface area contributed by atoms with Crippen molar-refractivity contribution in [3.63, 3.8) is 0 Å². The van der Waals surface area contributed by atoms with Gasteiger partial charge in [-0.25, -0.2) is 4.79 Å². The first-order valence-corrected chi connectivity index (χ1v) is 5.72. The number of aliphatic hydroxyl groups excluding tert-OH is 2. The van der Waals surface area contributed by atoms with Crippen molar-refractivity contribution in [1.29, 1.82) is 0 Å². The molecule has 0 saturated carbocycles.